The van der Waals surface area contributed by atoms with E-state index in [2.05, 4.69) is 0 Å². The van der Waals surface area contributed by atoms with Crippen LogP contribution in [0.15, 0.2) is 64.3 Å². The molecule has 10 heteroatoms. The molecule has 0 aliphatic carbocycles. The van der Waals surface area contributed by atoms with E-state index in [9.17, 15) is 19.7 Å². The third-order valence-electron chi connectivity index (χ3n) is 7.09. The number of nitrogens with zero attached hydrogens (tertiary/aromatic N) is 5. The van der Waals surface area contributed by atoms with E-state index in [1.807, 2.05) is 46.6 Å². The second kappa shape index (κ2) is 7.79. The van der Waals surface area contributed by atoms with Crippen LogP contribution < -0.4 is 11.2 Å². The molecule has 5 aromatic rings. The number of hydrogen-bond acceptors (Lipinski definition) is 5. The number of rotatable bonds is 3. The third-order valence-corrected chi connectivity index (χ3v) is 7.09. The number of non-ortho nitro benzene ring substituents is 1. The molecule has 0 unspecified atom stereocenters. The molecule has 0 bridgehead atoms. The van der Waals surface area contributed by atoms with Crippen molar-refractivity contribution in [3.8, 4) is 11.3 Å². The smallest absolute Gasteiger partial charge is 0.331 e. The summed E-state index contributed by atoms with van der Waals surface area (Å²) < 4.78 is 12.9. The summed E-state index contributed by atoms with van der Waals surface area (Å²) in [6.07, 6.45) is 1.47. The van der Waals surface area contributed by atoms with Gasteiger partial charge in [-0.05, 0) is 6.07 Å². The fraction of sp³-hybridized carbons (Fsp3) is 0.231. The molecule has 0 N–H and O–H groups in total. The zero-order valence-corrected chi connectivity index (χ0v) is 20.0. The first kappa shape index (κ1) is 22.1. The number of hydrogen-bond donors (Lipinski definition) is 0. The van der Waals surface area contributed by atoms with Crippen LogP contribution in [0.25, 0.3) is 33.1 Å². The zero-order chi connectivity index (χ0) is 25.3. The fourth-order valence-electron chi connectivity index (χ4n) is 5.47. The van der Waals surface area contributed by atoms with E-state index in [0.717, 1.165) is 21.0 Å². The lowest BCUT2D eigenvalue weighted by molar-refractivity contribution is -0.384. The Morgan fingerprint density at radius 1 is 1.03 bits per heavy atom. The molecular formula is C26H23N5O5. The van der Waals surface area contributed by atoms with Crippen LogP contribution in [0.2, 0.25) is 0 Å². The van der Waals surface area contributed by atoms with Crippen LogP contribution in [-0.4, -0.2) is 29.8 Å². The Kier molecular flexibility index (Phi) is 4.77. The molecular weight excluding hydrogens is 462 g/mol. The first-order valence-corrected chi connectivity index (χ1v) is 11.5. The second-order valence-corrected chi connectivity index (χ2v) is 9.09. The van der Waals surface area contributed by atoms with Crippen molar-refractivity contribution in [3.05, 3.63) is 96.9 Å². The van der Waals surface area contributed by atoms with Crippen molar-refractivity contribution in [2.24, 2.45) is 21.1 Å². The minimum atomic E-state index is -0.544. The van der Waals surface area contributed by atoms with Crippen LogP contribution in [0.4, 0.5) is 5.69 Å². The summed E-state index contributed by atoms with van der Waals surface area (Å²) in [4.78, 5) is 37.6. The van der Waals surface area contributed by atoms with Gasteiger partial charge in [0.05, 0.1) is 33.8 Å². The highest BCUT2D eigenvalue weighted by Crippen LogP contribution is 2.43. The van der Waals surface area contributed by atoms with E-state index < -0.39 is 22.3 Å². The lowest BCUT2D eigenvalue weighted by atomic mass is 10.0. The highest BCUT2D eigenvalue weighted by atomic mass is 16.6. The largest absolute Gasteiger partial charge is 0.365 e. The Morgan fingerprint density at radius 3 is 2.58 bits per heavy atom. The Hall–Kier alpha value is -4.44. The van der Waals surface area contributed by atoms with Crippen molar-refractivity contribution in [3.63, 3.8) is 0 Å². The lowest BCUT2D eigenvalue weighted by Crippen LogP contribution is -2.37. The molecule has 6 rings (SSSR count). The van der Waals surface area contributed by atoms with E-state index in [4.69, 9.17) is 4.74 Å². The molecule has 0 radical (unpaired) electrons. The van der Waals surface area contributed by atoms with E-state index in [1.54, 1.807) is 19.2 Å². The molecule has 2 aromatic carbocycles. The number of aromatic nitrogens is 4. The average Bonchev–Trinajstić information content (AvgIpc) is 3.42. The van der Waals surface area contributed by atoms with Gasteiger partial charge in [0.2, 0.25) is 0 Å². The number of para-hydroxylation sites is 1. The van der Waals surface area contributed by atoms with E-state index in [0.29, 0.717) is 41.0 Å². The summed E-state index contributed by atoms with van der Waals surface area (Å²) in [5, 5.41) is 12.9. The number of nitro groups is 1. The van der Waals surface area contributed by atoms with Crippen molar-refractivity contribution in [2.75, 3.05) is 6.61 Å². The molecule has 0 saturated carbocycles. The quantitative estimate of drug-likeness (QED) is 0.288. The number of aryl methyl sites for hydroxylation is 2. The first-order valence-electron chi connectivity index (χ1n) is 11.5. The van der Waals surface area contributed by atoms with Crippen molar-refractivity contribution < 1.29 is 9.66 Å². The monoisotopic (exact) mass is 485 g/mol. The standard InChI is InChI=1S/C26H23N5O5/c1-27-14-18(17-9-4-5-10-19(17)27)24-23-22-20(25(32)29(3)26(33)28(22)2)21(30(23)11-12-36-24)15-7-6-8-16(13-15)31(34)35/h4-10,13-14,24H,11-12H2,1-3H3/t24-/m1/s1. The van der Waals surface area contributed by atoms with Gasteiger partial charge in [-0.3, -0.25) is 24.0 Å². The van der Waals surface area contributed by atoms with Crippen molar-refractivity contribution in [1.82, 2.24) is 18.3 Å². The maximum absolute atomic E-state index is 13.5. The molecule has 4 heterocycles. The van der Waals surface area contributed by atoms with Crippen LogP contribution in [-0.2, 0) is 32.4 Å². The Morgan fingerprint density at radius 2 is 1.81 bits per heavy atom. The normalized spacial score (nSPS) is 15.5. The summed E-state index contributed by atoms with van der Waals surface area (Å²) in [5.41, 5.74) is 3.23. The van der Waals surface area contributed by atoms with E-state index >= 15 is 0 Å². The van der Waals surface area contributed by atoms with E-state index in [1.165, 1.54) is 23.7 Å². The Balaban J connectivity index is 1.76. The molecule has 0 spiro atoms. The van der Waals surface area contributed by atoms with Crippen LogP contribution in [0.5, 0.6) is 0 Å². The third kappa shape index (κ3) is 2.94. The SMILES string of the molecule is Cn1c(=O)c2c(-c3cccc([N+](=O)[O-])c3)n3c(c2n(C)c1=O)[C@@H](c1cn(C)c2ccccc12)OCC3. The van der Waals surface area contributed by atoms with Gasteiger partial charge in [-0.25, -0.2) is 4.79 Å². The summed E-state index contributed by atoms with van der Waals surface area (Å²) >= 11 is 0. The Bertz CT molecular complexity index is 1840. The number of fused-ring (bicyclic) bond motifs is 4. The maximum atomic E-state index is 13.5. The van der Waals surface area contributed by atoms with Gasteiger partial charge in [0.25, 0.3) is 11.2 Å². The summed E-state index contributed by atoms with van der Waals surface area (Å²) in [5.74, 6) is 0. The number of ether oxygens (including phenoxy) is 1. The van der Waals surface area contributed by atoms with Crippen molar-refractivity contribution in [1.29, 1.82) is 0 Å². The van der Waals surface area contributed by atoms with Gasteiger partial charge < -0.3 is 13.9 Å². The van der Waals surface area contributed by atoms with Gasteiger partial charge in [0, 0.05) is 68.0 Å². The molecule has 10 nitrogen and oxygen atoms in total. The average molecular weight is 486 g/mol. The minimum Gasteiger partial charge on any atom is -0.365 e. The molecule has 0 fully saturated rings. The zero-order valence-electron chi connectivity index (χ0n) is 20.0. The highest BCUT2D eigenvalue weighted by Gasteiger charge is 2.34. The first-order chi connectivity index (χ1) is 17.3. The van der Waals surface area contributed by atoms with E-state index in [-0.39, 0.29) is 5.69 Å². The second-order valence-electron chi connectivity index (χ2n) is 9.09. The van der Waals surface area contributed by atoms with Crippen LogP contribution >= 0.6 is 0 Å². The van der Waals surface area contributed by atoms with Gasteiger partial charge in [0.15, 0.2) is 0 Å². The predicted molar refractivity (Wildman–Crippen MR) is 135 cm³/mol. The molecule has 0 saturated heterocycles. The van der Waals surface area contributed by atoms with Crippen molar-refractivity contribution >= 4 is 27.5 Å². The van der Waals surface area contributed by atoms with Crippen LogP contribution in [0.1, 0.15) is 17.4 Å². The molecule has 1 aliphatic heterocycles. The molecule has 1 atom stereocenters. The number of benzene rings is 2. The van der Waals surface area contributed by atoms with Crippen LogP contribution in [0, 0.1) is 10.1 Å². The van der Waals surface area contributed by atoms with Gasteiger partial charge in [-0.2, -0.15) is 0 Å². The van der Waals surface area contributed by atoms with Gasteiger partial charge >= 0.3 is 5.69 Å². The molecule has 3 aromatic heterocycles. The summed E-state index contributed by atoms with van der Waals surface area (Å²) in [6, 6.07) is 14.2. The summed E-state index contributed by atoms with van der Waals surface area (Å²) in [6.45, 7) is 0.804. The molecule has 182 valence electrons. The molecule has 1 aliphatic rings. The molecule has 36 heavy (non-hydrogen) atoms. The van der Waals surface area contributed by atoms with Gasteiger partial charge in [-0.15, -0.1) is 0 Å². The number of nitro benzene ring substituents is 1. The highest BCUT2D eigenvalue weighted by molar-refractivity contribution is 5.97. The predicted octanol–water partition coefficient (Wildman–Crippen LogP) is 3.23. The topological polar surface area (TPSA) is 106 Å². The fourth-order valence-corrected chi connectivity index (χ4v) is 5.47. The van der Waals surface area contributed by atoms with Gasteiger partial charge in [-0.1, -0.05) is 30.3 Å². The van der Waals surface area contributed by atoms with Crippen LogP contribution in [0.3, 0.4) is 0 Å². The minimum absolute atomic E-state index is 0.0736. The maximum Gasteiger partial charge on any atom is 0.331 e. The summed E-state index contributed by atoms with van der Waals surface area (Å²) in [7, 11) is 5.04. The molecule has 0 amide bonds. The van der Waals surface area contributed by atoms with Crippen molar-refractivity contribution in [2.45, 2.75) is 12.6 Å². The lowest BCUT2D eigenvalue weighted by Gasteiger charge is -2.27. The Labute approximate surface area is 204 Å². The van der Waals surface area contributed by atoms with Gasteiger partial charge in [0.1, 0.15) is 6.10 Å².